The average Bonchev–Trinajstić information content (AvgIpc) is 3.09. The molecule has 2 aliphatic heterocycles. The van der Waals surface area contributed by atoms with Crippen LogP contribution in [0.5, 0.6) is 11.5 Å². The van der Waals surface area contributed by atoms with Crippen molar-refractivity contribution in [1.82, 2.24) is 15.3 Å². The molecule has 0 spiro atoms. The largest absolute Gasteiger partial charge is 0.454 e. The fraction of sp³-hybridized carbons (Fsp3) is 0.389. The highest BCUT2D eigenvalue weighted by Gasteiger charge is 2.25. The van der Waals surface area contributed by atoms with E-state index in [0.717, 1.165) is 41.4 Å². The highest BCUT2D eigenvalue weighted by atomic mass is 16.7. The maximum absolute atomic E-state index is 12.3. The summed E-state index contributed by atoms with van der Waals surface area (Å²) < 4.78 is 10.8. The molecule has 0 bridgehead atoms. The molecular formula is C18H20N4O3. The Hall–Kier alpha value is -2.83. The van der Waals surface area contributed by atoms with Gasteiger partial charge in [0.15, 0.2) is 11.5 Å². The summed E-state index contributed by atoms with van der Waals surface area (Å²) >= 11 is 0. The number of carbonyl (C=O) groups is 1. The number of fused-ring (bicyclic) bond motifs is 2. The van der Waals surface area contributed by atoms with E-state index in [9.17, 15) is 4.79 Å². The average molecular weight is 340 g/mol. The van der Waals surface area contributed by atoms with Crippen LogP contribution in [0.15, 0.2) is 18.2 Å². The van der Waals surface area contributed by atoms with Crippen molar-refractivity contribution in [2.24, 2.45) is 0 Å². The van der Waals surface area contributed by atoms with Crippen LogP contribution in [0, 0.1) is 0 Å². The first-order valence-electron chi connectivity index (χ1n) is 8.43. The molecule has 0 radical (unpaired) electrons. The predicted molar refractivity (Wildman–Crippen MR) is 92.4 cm³/mol. The number of hydrogen-bond donors (Lipinski definition) is 1. The van der Waals surface area contributed by atoms with Crippen LogP contribution in [0.1, 0.15) is 34.4 Å². The molecule has 0 fully saturated rings. The number of carbonyl (C=O) groups excluding carboxylic acids is 1. The number of hydrogen-bond acceptors (Lipinski definition) is 6. The van der Waals surface area contributed by atoms with Crippen molar-refractivity contribution in [2.45, 2.75) is 19.8 Å². The zero-order chi connectivity index (χ0) is 17.4. The Morgan fingerprint density at radius 1 is 1.24 bits per heavy atom. The second-order valence-electron chi connectivity index (χ2n) is 6.18. The number of nitrogens with zero attached hydrogens (tertiary/aromatic N) is 3. The zero-order valence-corrected chi connectivity index (χ0v) is 14.3. The van der Waals surface area contributed by atoms with Crippen molar-refractivity contribution in [1.29, 1.82) is 0 Å². The van der Waals surface area contributed by atoms with E-state index in [1.165, 1.54) is 0 Å². The van der Waals surface area contributed by atoms with Crippen molar-refractivity contribution < 1.29 is 14.3 Å². The maximum Gasteiger partial charge on any atom is 0.270 e. The number of nitrogens with one attached hydrogen (secondary N) is 1. The lowest BCUT2D eigenvalue weighted by Crippen LogP contribution is -2.35. The van der Waals surface area contributed by atoms with Crippen molar-refractivity contribution in [3.8, 4) is 11.5 Å². The van der Waals surface area contributed by atoms with E-state index in [1.54, 1.807) is 0 Å². The lowest BCUT2D eigenvalue weighted by atomic mass is 10.0. The normalized spacial score (nSPS) is 14.9. The molecule has 0 saturated carbocycles. The van der Waals surface area contributed by atoms with Gasteiger partial charge in [0, 0.05) is 32.1 Å². The number of benzene rings is 1. The van der Waals surface area contributed by atoms with Gasteiger partial charge in [-0.05, 0) is 31.0 Å². The third-order valence-electron chi connectivity index (χ3n) is 4.54. The molecule has 1 amide bonds. The minimum Gasteiger partial charge on any atom is -0.454 e. The monoisotopic (exact) mass is 340 g/mol. The molecule has 0 atom stereocenters. The molecule has 0 aliphatic carbocycles. The molecule has 4 rings (SSSR count). The summed E-state index contributed by atoms with van der Waals surface area (Å²) in [5.41, 5.74) is 2.44. The third-order valence-corrected chi connectivity index (χ3v) is 4.54. The number of ether oxygens (including phenoxy) is 2. The summed E-state index contributed by atoms with van der Waals surface area (Å²) in [4.78, 5) is 23.6. The summed E-state index contributed by atoms with van der Waals surface area (Å²) in [6, 6.07) is 5.80. The van der Waals surface area contributed by atoms with Gasteiger partial charge in [-0.3, -0.25) is 4.79 Å². The Balaban J connectivity index is 1.72. The van der Waals surface area contributed by atoms with Gasteiger partial charge in [0.1, 0.15) is 17.3 Å². The minimum absolute atomic E-state index is 0.124. The van der Waals surface area contributed by atoms with Crippen LogP contribution in [0.25, 0.3) is 0 Å². The van der Waals surface area contributed by atoms with Crippen LogP contribution >= 0.6 is 0 Å². The lowest BCUT2D eigenvalue weighted by molar-refractivity contribution is 0.0940. The van der Waals surface area contributed by atoms with Gasteiger partial charge in [-0.15, -0.1) is 0 Å². The Morgan fingerprint density at radius 3 is 2.92 bits per heavy atom. The summed E-state index contributed by atoms with van der Waals surface area (Å²) in [5, 5.41) is 2.86. The second-order valence-corrected chi connectivity index (χ2v) is 6.18. The molecule has 1 aromatic carbocycles. The van der Waals surface area contributed by atoms with Crippen LogP contribution in [0.4, 0.5) is 5.82 Å². The van der Waals surface area contributed by atoms with Gasteiger partial charge in [-0.2, -0.15) is 0 Å². The zero-order valence-electron chi connectivity index (χ0n) is 14.3. The number of anilines is 1. The van der Waals surface area contributed by atoms with Gasteiger partial charge >= 0.3 is 0 Å². The Bertz CT molecular complexity index is 837. The molecule has 2 aliphatic rings. The third kappa shape index (κ3) is 2.86. The second kappa shape index (κ2) is 6.23. The number of aromatic nitrogens is 2. The highest BCUT2D eigenvalue weighted by Crippen LogP contribution is 2.33. The first-order chi connectivity index (χ1) is 12.2. The highest BCUT2D eigenvalue weighted by molar-refractivity contribution is 5.96. The molecule has 7 nitrogen and oxygen atoms in total. The summed E-state index contributed by atoms with van der Waals surface area (Å²) in [7, 11) is 1.99. The minimum atomic E-state index is -0.124. The molecule has 2 aromatic rings. The predicted octanol–water partition coefficient (Wildman–Crippen LogP) is 1.54. The van der Waals surface area contributed by atoms with Gasteiger partial charge in [-0.25, -0.2) is 9.97 Å². The Kier molecular flexibility index (Phi) is 3.91. The van der Waals surface area contributed by atoms with Crippen molar-refractivity contribution in [3.05, 3.63) is 40.8 Å². The number of rotatable bonds is 4. The molecule has 25 heavy (non-hydrogen) atoms. The van der Waals surface area contributed by atoms with Crippen LogP contribution in [0.2, 0.25) is 0 Å². The van der Waals surface area contributed by atoms with Gasteiger partial charge < -0.3 is 19.7 Å². The molecule has 0 saturated heterocycles. The van der Waals surface area contributed by atoms with Gasteiger partial charge in [-0.1, -0.05) is 6.07 Å². The fourth-order valence-corrected chi connectivity index (χ4v) is 3.10. The van der Waals surface area contributed by atoms with Gasteiger partial charge in [0.2, 0.25) is 6.79 Å². The van der Waals surface area contributed by atoms with E-state index in [-0.39, 0.29) is 12.7 Å². The quantitative estimate of drug-likeness (QED) is 0.910. The number of amides is 1. The molecule has 0 unspecified atom stereocenters. The van der Waals surface area contributed by atoms with Crippen molar-refractivity contribution >= 4 is 11.7 Å². The van der Waals surface area contributed by atoms with Crippen LogP contribution < -0.4 is 19.7 Å². The molecule has 130 valence electrons. The van der Waals surface area contributed by atoms with Crippen LogP contribution in [-0.4, -0.2) is 42.8 Å². The first-order valence-corrected chi connectivity index (χ1v) is 8.43. The lowest BCUT2D eigenvalue weighted by Gasteiger charge is -2.24. The molecule has 1 aromatic heterocycles. The first kappa shape index (κ1) is 15.7. The van der Waals surface area contributed by atoms with Gasteiger partial charge in [0.25, 0.3) is 5.91 Å². The van der Waals surface area contributed by atoms with E-state index in [4.69, 9.17) is 14.5 Å². The Morgan fingerprint density at radius 2 is 2.08 bits per heavy atom. The SMILES string of the molecule is CCN(C)c1nc(Cc2ccc3c(c2)OCO3)nc2c1CCNC2=O. The van der Waals surface area contributed by atoms with Crippen LogP contribution in [0.3, 0.4) is 0 Å². The van der Waals surface area contributed by atoms with Crippen molar-refractivity contribution in [3.63, 3.8) is 0 Å². The van der Waals surface area contributed by atoms with E-state index in [2.05, 4.69) is 22.1 Å². The van der Waals surface area contributed by atoms with E-state index in [0.29, 0.717) is 24.5 Å². The summed E-state index contributed by atoms with van der Waals surface area (Å²) in [6.45, 7) is 3.75. The van der Waals surface area contributed by atoms with E-state index < -0.39 is 0 Å². The van der Waals surface area contributed by atoms with E-state index in [1.807, 2.05) is 25.2 Å². The fourth-order valence-electron chi connectivity index (χ4n) is 3.10. The topological polar surface area (TPSA) is 76.6 Å². The Labute approximate surface area is 146 Å². The molecular weight excluding hydrogens is 320 g/mol. The van der Waals surface area contributed by atoms with E-state index >= 15 is 0 Å². The smallest absolute Gasteiger partial charge is 0.270 e. The standard InChI is InChI=1S/C18H20N4O3/c1-3-22(2)17-12-6-7-19-18(23)16(12)20-15(21-17)9-11-4-5-13-14(8-11)25-10-24-13/h4-5,8H,3,6-7,9-10H2,1-2H3,(H,19,23). The van der Waals surface area contributed by atoms with Crippen molar-refractivity contribution in [2.75, 3.05) is 31.8 Å². The van der Waals surface area contributed by atoms with Crippen LogP contribution in [-0.2, 0) is 12.8 Å². The molecule has 7 heteroatoms. The maximum atomic E-state index is 12.3. The summed E-state index contributed by atoms with van der Waals surface area (Å²) in [6.07, 6.45) is 1.28. The molecule has 1 N–H and O–H groups in total. The van der Waals surface area contributed by atoms with Gasteiger partial charge in [0.05, 0.1) is 0 Å². The molecule has 3 heterocycles. The summed E-state index contributed by atoms with van der Waals surface area (Å²) in [5.74, 6) is 2.84.